The van der Waals surface area contributed by atoms with Gasteiger partial charge in [0.2, 0.25) is 0 Å². The van der Waals surface area contributed by atoms with Crippen molar-refractivity contribution in [2.45, 2.75) is 55.4 Å². The van der Waals surface area contributed by atoms with Gasteiger partial charge in [0.25, 0.3) is 0 Å². The van der Waals surface area contributed by atoms with Crippen molar-refractivity contribution in [1.82, 2.24) is 0 Å². The second-order valence-corrected chi connectivity index (χ2v) is 6.80. The fraction of sp³-hybridized carbons (Fsp3) is 0.364. The summed E-state index contributed by atoms with van der Waals surface area (Å²) >= 11 is 0. The van der Waals surface area contributed by atoms with Gasteiger partial charge in [0.15, 0.2) is 0 Å². The highest BCUT2D eigenvalue weighted by Crippen LogP contribution is 2.33. The van der Waals surface area contributed by atoms with E-state index in [4.69, 9.17) is 0 Å². The van der Waals surface area contributed by atoms with Gasteiger partial charge < -0.3 is 0 Å². The van der Waals surface area contributed by atoms with Crippen molar-refractivity contribution in [1.29, 1.82) is 0 Å². The molecule has 0 radical (unpaired) electrons. The Bertz CT molecular complexity index is 646. The molecule has 0 aliphatic heterocycles. The van der Waals surface area contributed by atoms with Gasteiger partial charge in [0.05, 0.1) is 0 Å². The molecule has 0 aromatic heterocycles. The zero-order valence-corrected chi connectivity index (χ0v) is 15.3. The molecule has 0 aliphatic carbocycles. The third kappa shape index (κ3) is 3.02. The molecule has 0 atom stereocenters. The van der Waals surface area contributed by atoms with Crippen molar-refractivity contribution >= 4 is 11.1 Å². The fourth-order valence-corrected chi connectivity index (χ4v) is 3.92. The molecule has 22 heavy (non-hydrogen) atoms. The molecule has 116 valence electrons. The molecular formula is C22H28. The second-order valence-electron chi connectivity index (χ2n) is 6.80. The average Bonchev–Trinajstić information content (AvgIpc) is 2.35. The van der Waals surface area contributed by atoms with Crippen LogP contribution in [0, 0.1) is 41.5 Å². The van der Waals surface area contributed by atoms with Crippen LogP contribution in [0.15, 0.2) is 24.3 Å². The van der Waals surface area contributed by atoms with Gasteiger partial charge in [0.1, 0.15) is 0 Å². The maximum Gasteiger partial charge on any atom is -0.0166 e. The number of hydrogen-bond acceptors (Lipinski definition) is 0. The zero-order chi connectivity index (χ0) is 16.6. The van der Waals surface area contributed by atoms with Crippen LogP contribution in [0.25, 0.3) is 11.1 Å². The summed E-state index contributed by atoms with van der Waals surface area (Å²) in [6.07, 6.45) is 0. The van der Waals surface area contributed by atoms with Gasteiger partial charge in [-0.1, -0.05) is 35.4 Å². The molecular weight excluding hydrogens is 264 g/mol. The molecule has 0 saturated carbocycles. The van der Waals surface area contributed by atoms with Crippen LogP contribution >= 0.6 is 0 Å². The highest BCUT2D eigenvalue weighted by molar-refractivity contribution is 5.92. The van der Waals surface area contributed by atoms with Crippen molar-refractivity contribution in [3.8, 4) is 0 Å². The first-order valence-corrected chi connectivity index (χ1v) is 8.06. The molecule has 2 rings (SSSR count). The summed E-state index contributed by atoms with van der Waals surface area (Å²) in [5.41, 5.74) is 13.8. The van der Waals surface area contributed by atoms with E-state index in [0.29, 0.717) is 0 Å². The van der Waals surface area contributed by atoms with E-state index in [2.05, 4.69) is 79.7 Å². The van der Waals surface area contributed by atoms with E-state index in [-0.39, 0.29) is 0 Å². The number of allylic oxidation sites excluding steroid dienone is 2. The van der Waals surface area contributed by atoms with Crippen LogP contribution in [0.4, 0.5) is 0 Å². The van der Waals surface area contributed by atoms with Gasteiger partial charge in [0, 0.05) is 0 Å². The number of aryl methyl sites for hydroxylation is 6. The summed E-state index contributed by atoms with van der Waals surface area (Å²) in [5.74, 6) is 0. The third-order valence-corrected chi connectivity index (χ3v) is 4.67. The van der Waals surface area contributed by atoms with E-state index in [1.807, 2.05) is 0 Å². The lowest BCUT2D eigenvalue weighted by atomic mass is 9.87. The van der Waals surface area contributed by atoms with Crippen LogP contribution < -0.4 is 0 Å². The molecule has 0 heteroatoms. The smallest absolute Gasteiger partial charge is 0.0166 e. The van der Waals surface area contributed by atoms with Gasteiger partial charge in [-0.25, -0.2) is 0 Å². The molecule has 0 fully saturated rings. The monoisotopic (exact) mass is 292 g/mol. The molecule has 0 bridgehead atoms. The van der Waals surface area contributed by atoms with E-state index >= 15 is 0 Å². The SMILES string of the molecule is C/C(=C(\C)c1c(C)cc(C)cc1C)c1c(C)cc(C)cc1C. The minimum atomic E-state index is 1.34. The van der Waals surface area contributed by atoms with Gasteiger partial charge >= 0.3 is 0 Å². The number of rotatable bonds is 2. The van der Waals surface area contributed by atoms with E-state index in [1.165, 1.54) is 55.7 Å². The Balaban J connectivity index is 2.70. The van der Waals surface area contributed by atoms with E-state index in [0.717, 1.165) is 0 Å². The van der Waals surface area contributed by atoms with Crippen molar-refractivity contribution in [2.75, 3.05) is 0 Å². The Hall–Kier alpha value is -1.82. The number of hydrogen-bond donors (Lipinski definition) is 0. The predicted molar refractivity (Wildman–Crippen MR) is 99.5 cm³/mol. The normalized spacial score (nSPS) is 12.4. The minimum absolute atomic E-state index is 1.34. The van der Waals surface area contributed by atoms with E-state index in [9.17, 15) is 0 Å². The van der Waals surface area contributed by atoms with Gasteiger partial charge in [-0.05, 0) is 99.9 Å². The molecule has 2 aromatic carbocycles. The minimum Gasteiger partial charge on any atom is -0.0558 e. The molecule has 0 aliphatic rings. The van der Waals surface area contributed by atoms with Gasteiger partial charge in [-0.15, -0.1) is 0 Å². The second kappa shape index (κ2) is 6.12. The Morgan fingerprint density at radius 2 is 0.727 bits per heavy atom. The summed E-state index contributed by atoms with van der Waals surface area (Å²) in [4.78, 5) is 0. The average molecular weight is 292 g/mol. The highest BCUT2D eigenvalue weighted by atomic mass is 14.2. The summed E-state index contributed by atoms with van der Waals surface area (Å²) in [7, 11) is 0. The van der Waals surface area contributed by atoms with Crippen LogP contribution in [-0.4, -0.2) is 0 Å². The number of benzene rings is 2. The molecule has 2 aromatic rings. The lowest BCUT2D eigenvalue weighted by Gasteiger charge is -2.18. The van der Waals surface area contributed by atoms with E-state index in [1.54, 1.807) is 0 Å². The van der Waals surface area contributed by atoms with Crippen LogP contribution in [0.2, 0.25) is 0 Å². The van der Waals surface area contributed by atoms with Crippen molar-refractivity contribution < 1.29 is 0 Å². The molecule has 0 nitrogen and oxygen atoms in total. The van der Waals surface area contributed by atoms with Crippen molar-refractivity contribution in [3.63, 3.8) is 0 Å². The largest absolute Gasteiger partial charge is 0.0558 e. The zero-order valence-electron chi connectivity index (χ0n) is 15.3. The Morgan fingerprint density at radius 3 is 0.955 bits per heavy atom. The molecule has 0 N–H and O–H groups in total. The van der Waals surface area contributed by atoms with Crippen LogP contribution in [0.3, 0.4) is 0 Å². The fourth-order valence-electron chi connectivity index (χ4n) is 3.92. The first kappa shape index (κ1) is 16.5. The van der Waals surface area contributed by atoms with Crippen LogP contribution in [0.1, 0.15) is 58.4 Å². The molecule has 0 unspecified atom stereocenters. The van der Waals surface area contributed by atoms with Crippen LogP contribution in [0.5, 0.6) is 0 Å². The standard InChI is InChI=1S/C22H28/c1-13-9-15(3)21(16(4)10-13)19(7)20(8)22-17(5)11-14(2)12-18(22)6/h9-12H,1-8H3/b20-19-. The Labute approximate surface area is 135 Å². The third-order valence-electron chi connectivity index (χ3n) is 4.67. The van der Waals surface area contributed by atoms with Gasteiger partial charge in [-0.3, -0.25) is 0 Å². The maximum absolute atomic E-state index is 2.29. The topological polar surface area (TPSA) is 0 Å². The van der Waals surface area contributed by atoms with Gasteiger partial charge in [-0.2, -0.15) is 0 Å². The highest BCUT2D eigenvalue weighted by Gasteiger charge is 2.13. The summed E-state index contributed by atoms with van der Waals surface area (Å²) in [5, 5.41) is 0. The van der Waals surface area contributed by atoms with Crippen molar-refractivity contribution in [3.05, 3.63) is 68.8 Å². The quantitative estimate of drug-likeness (QED) is 0.555. The Morgan fingerprint density at radius 1 is 0.500 bits per heavy atom. The molecule has 0 spiro atoms. The molecule has 0 amide bonds. The lowest BCUT2D eigenvalue weighted by Crippen LogP contribution is -1.98. The predicted octanol–water partition coefficient (Wildman–Crippen LogP) is 6.49. The Kier molecular flexibility index (Phi) is 4.60. The van der Waals surface area contributed by atoms with Crippen LogP contribution in [-0.2, 0) is 0 Å². The molecule has 0 saturated heterocycles. The van der Waals surface area contributed by atoms with Crippen molar-refractivity contribution in [2.24, 2.45) is 0 Å². The summed E-state index contributed by atoms with van der Waals surface area (Å²) in [6.45, 7) is 17.8. The summed E-state index contributed by atoms with van der Waals surface area (Å²) < 4.78 is 0. The molecule has 0 heterocycles. The van der Waals surface area contributed by atoms with E-state index < -0.39 is 0 Å². The lowest BCUT2D eigenvalue weighted by molar-refractivity contribution is 1.26. The first-order chi connectivity index (χ1) is 10.2. The summed E-state index contributed by atoms with van der Waals surface area (Å²) in [6, 6.07) is 9.14. The maximum atomic E-state index is 2.29. The first-order valence-electron chi connectivity index (χ1n) is 8.06.